The van der Waals surface area contributed by atoms with Crippen LogP contribution in [0.2, 0.25) is 0 Å². The largest absolute Gasteiger partial charge is 1.00 e. The molecule has 0 bridgehead atoms. The molecular formula is C23H26ClNO4. The van der Waals surface area contributed by atoms with E-state index in [1.165, 1.54) is 4.90 Å². The molecule has 0 amide bonds. The predicted octanol–water partition coefficient (Wildman–Crippen LogP) is -0.550. The van der Waals surface area contributed by atoms with Crippen molar-refractivity contribution < 1.29 is 31.2 Å². The van der Waals surface area contributed by atoms with E-state index in [0.29, 0.717) is 28.7 Å². The third-order valence-electron chi connectivity index (χ3n) is 5.45. The van der Waals surface area contributed by atoms with Crippen LogP contribution in [0.4, 0.5) is 0 Å². The lowest BCUT2D eigenvalue weighted by Gasteiger charge is -2.24. The van der Waals surface area contributed by atoms with E-state index < -0.39 is 0 Å². The van der Waals surface area contributed by atoms with Gasteiger partial charge < -0.3 is 31.2 Å². The van der Waals surface area contributed by atoms with Crippen LogP contribution < -0.4 is 27.5 Å². The second-order valence-corrected chi connectivity index (χ2v) is 7.12. The summed E-state index contributed by atoms with van der Waals surface area (Å²) in [5.41, 5.74) is 3.27. The summed E-state index contributed by atoms with van der Waals surface area (Å²) in [6, 6.07) is 13.6. The maximum Gasteiger partial charge on any atom is 0.196 e. The van der Waals surface area contributed by atoms with Crippen LogP contribution in [-0.4, -0.2) is 33.4 Å². The fourth-order valence-electron chi connectivity index (χ4n) is 3.92. The van der Waals surface area contributed by atoms with Gasteiger partial charge in [0, 0.05) is 11.1 Å². The molecule has 2 heterocycles. The van der Waals surface area contributed by atoms with Crippen LogP contribution in [0.3, 0.4) is 0 Å². The second-order valence-electron chi connectivity index (χ2n) is 7.12. The molecule has 1 aromatic heterocycles. The van der Waals surface area contributed by atoms with E-state index in [9.17, 15) is 4.79 Å². The minimum absolute atomic E-state index is 0. The minimum atomic E-state index is 0. The third-order valence-corrected chi connectivity index (χ3v) is 5.45. The van der Waals surface area contributed by atoms with Gasteiger partial charge in [0.1, 0.15) is 31.1 Å². The molecular weight excluding hydrogens is 390 g/mol. The number of methoxy groups -OCH3 is 1. The number of halogens is 1. The Balaban J connectivity index is 0.00000240. The van der Waals surface area contributed by atoms with Crippen molar-refractivity contribution >= 4 is 11.0 Å². The maximum atomic E-state index is 13.3. The van der Waals surface area contributed by atoms with Gasteiger partial charge in [0.25, 0.3) is 0 Å². The Labute approximate surface area is 176 Å². The highest BCUT2D eigenvalue weighted by molar-refractivity contribution is 5.85. The minimum Gasteiger partial charge on any atom is -1.00 e. The van der Waals surface area contributed by atoms with E-state index in [1.807, 2.05) is 49.4 Å². The fraction of sp³-hybridized carbons (Fsp3) is 0.348. The molecule has 29 heavy (non-hydrogen) atoms. The Morgan fingerprint density at radius 1 is 1.03 bits per heavy atom. The maximum absolute atomic E-state index is 13.3. The van der Waals surface area contributed by atoms with Gasteiger partial charge in [-0.2, -0.15) is 0 Å². The molecule has 1 aliphatic rings. The number of ether oxygens (including phenoxy) is 2. The number of rotatable bonds is 5. The lowest BCUT2D eigenvalue weighted by atomic mass is 10.0. The Kier molecular flexibility index (Phi) is 6.96. The Hall–Kier alpha value is -2.34. The summed E-state index contributed by atoms with van der Waals surface area (Å²) in [4.78, 5) is 14.7. The van der Waals surface area contributed by atoms with Gasteiger partial charge in [0.15, 0.2) is 11.0 Å². The first-order chi connectivity index (χ1) is 13.7. The summed E-state index contributed by atoms with van der Waals surface area (Å²) in [5, 5.41) is 0.625. The van der Waals surface area contributed by atoms with Crippen molar-refractivity contribution in [1.82, 2.24) is 0 Å². The lowest BCUT2D eigenvalue weighted by molar-refractivity contribution is -0.921. The smallest absolute Gasteiger partial charge is 0.196 e. The number of nitrogens with one attached hydrogen (secondary N) is 1. The molecule has 1 fully saturated rings. The molecule has 0 atom stereocenters. The predicted molar refractivity (Wildman–Crippen MR) is 109 cm³/mol. The molecule has 0 radical (unpaired) electrons. The van der Waals surface area contributed by atoms with Crippen molar-refractivity contribution in [3.05, 3.63) is 63.8 Å². The van der Waals surface area contributed by atoms with Gasteiger partial charge in [0.2, 0.25) is 0 Å². The highest BCUT2D eigenvalue weighted by Gasteiger charge is 2.23. The topological polar surface area (TPSA) is 53.1 Å². The quantitative estimate of drug-likeness (QED) is 0.607. The molecule has 5 nitrogen and oxygen atoms in total. The van der Waals surface area contributed by atoms with Gasteiger partial charge in [-0.3, -0.25) is 4.79 Å². The molecule has 0 spiro atoms. The SMILES string of the molecule is CCc1c(-c2ccccc2)oc2c(C[NH+]3CCOCC3)c(OC)ccc2c1=O.[Cl-]. The Morgan fingerprint density at radius 2 is 1.76 bits per heavy atom. The van der Waals surface area contributed by atoms with Crippen LogP contribution in [0.15, 0.2) is 51.7 Å². The first-order valence-corrected chi connectivity index (χ1v) is 9.85. The summed E-state index contributed by atoms with van der Waals surface area (Å²) in [6.07, 6.45) is 0.624. The van der Waals surface area contributed by atoms with Gasteiger partial charge in [-0.15, -0.1) is 0 Å². The molecule has 154 valence electrons. The van der Waals surface area contributed by atoms with Crippen molar-refractivity contribution in [2.45, 2.75) is 19.9 Å². The zero-order valence-electron chi connectivity index (χ0n) is 16.8. The number of hydrogen-bond donors (Lipinski definition) is 1. The van der Waals surface area contributed by atoms with Crippen molar-refractivity contribution in [2.24, 2.45) is 0 Å². The molecule has 1 aliphatic heterocycles. The number of hydrogen-bond acceptors (Lipinski definition) is 4. The summed E-state index contributed by atoms with van der Waals surface area (Å²) in [7, 11) is 1.66. The number of morpholine rings is 1. The van der Waals surface area contributed by atoms with Crippen LogP contribution in [0.25, 0.3) is 22.3 Å². The average Bonchev–Trinajstić information content (AvgIpc) is 2.75. The van der Waals surface area contributed by atoms with Crippen molar-refractivity contribution in [2.75, 3.05) is 33.4 Å². The molecule has 1 N–H and O–H groups in total. The zero-order valence-corrected chi connectivity index (χ0v) is 17.6. The standard InChI is InChI=1S/C23H25NO4.ClH/c1-3-17-21(25)18-9-10-20(26-2)19(15-24-11-13-27-14-12-24)23(18)28-22(17)16-7-5-4-6-8-16;/h4-10H,3,11-15H2,1-2H3;1H. The van der Waals surface area contributed by atoms with Crippen LogP contribution in [0, 0.1) is 0 Å². The van der Waals surface area contributed by atoms with Crippen LogP contribution in [0.5, 0.6) is 5.75 Å². The van der Waals surface area contributed by atoms with Gasteiger partial charge in [-0.1, -0.05) is 37.3 Å². The monoisotopic (exact) mass is 415 g/mol. The van der Waals surface area contributed by atoms with Crippen molar-refractivity contribution in [1.29, 1.82) is 0 Å². The van der Waals surface area contributed by atoms with Gasteiger partial charge in [0.05, 0.1) is 31.3 Å². The number of fused-ring (bicyclic) bond motifs is 1. The van der Waals surface area contributed by atoms with Crippen molar-refractivity contribution in [3.8, 4) is 17.1 Å². The third kappa shape index (κ3) is 4.17. The summed E-state index contributed by atoms with van der Waals surface area (Å²) in [6.45, 7) is 6.10. The Morgan fingerprint density at radius 3 is 2.41 bits per heavy atom. The molecule has 3 aromatic rings. The first kappa shape index (κ1) is 21.4. The van der Waals surface area contributed by atoms with Crippen LogP contribution in [0.1, 0.15) is 18.1 Å². The van der Waals surface area contributed by atoms with Gasteiger partial charge in [-0.05, 0) is 18.6 Å². The summed E-state index contributed by atoms with van der Waals surface area (Å²) in [5.74, 6) is 1.42. The molecule has 4 rings (SSSR count). The van der Waals surface area contributed by atoms with Crippen LogP contribution in [-0.2, 0) is 17.7 Å². The summed E-state index contributed by atoms with van der Waals surface area (Å²) >= 11 is 0. The fourth-order valence-corrected chi connectivity index (χ4v) is 3.92. The molecule has 0 unspecified atom stereocenters. The molecule has 6 heteroatoms. The second kappa shape index (κ2) is 9.44. The zero-order chi connectivity index (χ0) is 19.5. The Bertz CT molecular complexity index is 1030. The van der Waals surface area contributed by atoms with Gasteiger partial charge in [-0.25, -0.2) is 0 Å². The van der Waals surface area contributed by atoms with E-state index in [-0.39, 0.29) is 17.8 Å². The average molecular weight is 416 g/mol. The van der Waals surface area contributed by atoms with Crippen molar-refractivity contribution in [3.63, 3.8) is 0 Å². The summed E-state index contributed by atoms with van der Waals surface area (Å²) < 4.78 is 17.6. The first-order valence-electron chi connectivity index (χ1n) is 9.85. The van der Waals surface area contributed by atoms with E-state index >= 15 is 0 Å². The highest BCUT2D eigenvalue weighted by Crippen LogP contribution is 2.31. The van der Waals surface area contributed by atoms with E-state index in [0.717, 1.165) is 49.7 Å². The molecule has 0 saturated carbocycles. The molecule has 1 saturated heterocycles. The van der Waals surface area contributed by atoms with Gasteiger partial charge >= 0.3 is 0 Å². The number of benzene rings is 2. The number of quaternary nitrogens is 1. The highest BCUT2D eigenvalue weighted by atomic mass is 35.5. The normalized spacial score (nSPS) is 14.6. The van der Waals surface area contributed by atoms with Crippen LogP contribution >= 0.6 is 0 Å². The lowest BCUT2D eigenvalue weighted by Crippen LogP contribution is -3.12. The van der Waals surface area contributed by atoms with E-state index in [1.54, 1.807) is 7.11 Å². The molecule has 2 aromatic carbocycles. The van der Waals surface area contributed by atoms with E-state index in [4.69, 9.17) is 13.9 Å². The molecule has 0 aliphatic carbocycles. The van der Waals surface area contributed by atoms with E-state index in [2.05, 4.69) is 0 Å².